The van der Waals surface area contributed by atoms with Gasteiger partial charge in [-0.25, -0.2) is 4.98 Å². The topological polar surface area (TPSA) is 35.9 Å². The van der Waals surface area contributed by atoms with Crippen LogP contribution < -0.4 is 30.1 Å². The molecule has 13 aromatic carbocycles. The third-order valence-corrected chi connectivity index (χ3v) is 19.3. The maximum Gasteiger partial charge on any atom is 0.269 e. The van der Waals surface area contributed by atoms with Crippen molar-refractivity contribution in [1.82, 2.24) is 14.1 Å². The Balaban J connectivity index is 1.10. The molecule has 430 valence electrons. The zero-order chi connectivity index (χ0) is 96.2. The number of benzene rings is 13. The van der Waals surface area contributed by atoms with Gasteiger partial charge in [0, 0.05) is 32.7 Å². The van der Waals surface area contributed by atoms with Crippen LogP contribution in [-0.4, -0.2) is 22.2 Å². The van der Waals surface area contributed by atoms with Crippen molar-refractivity contribution in [3.8, 4) is 84.3 Å². The third-order valence-electron chi connectivity index (χ3n) is 15.1. The van der Waals surface area contributed by atoms with Crippen LogP contribution in [0.3, 0.4) is 0 Å². The van der Waals surface area contributed by atoms with Crippen LogP contribution in [0.5, 0.6) is 11.5 Å². The smallest absolute Gasteiger partial charge is 0.269 e. The average molecular weight is 1220 g/mol. The average Bonchev–Trinajstić information content (AvgIpc) is 0.954. The number of para-hydroxylation sites is 3. The van der Waals surface area contributed by atoms with Crippen molar-refractivity contribution in [1.29, 1.82) is 0 Å². The molecule has 3 aromatic heterocycles. The number of pyridine rings is 1. The zero-order valence-electron chi connectivity index (χ0n) is 87.7. The molecule has 0 aliphatic rings. The summed E-state index contributed by atoms with van der Waals surface area (Å²) >= 11 is 0. The monoisotopic (exact) mass is 1220 g/mol. The second kappa shape index (κ2) is 23.4. The highest BCUT2D eigenvalue weighted by atomic mass is 28.3. The fourth-order valence-corrected chi connectivity index (χ4v) is 15.3. The molecule has 0 atom stereocenters. The van der Waals surface area contributed by atoms with Crippen molar-refractivity contribution in [3.05, 3.63) is 357 Å². The van der Waals surface area contributed by atoms with E-state index in [-0.39, 0.29) is 39.6 Å². The molecule has 0 aliphatic carbocycles. The Morgan fingerprint density at radius 1 is 0.429 bits per heavy atom. The van der Waals surface area contributed by atoms with Gasteiger partial charge in [-0.15, -0.1) is 0 Å². The van der Waals surface area contributed by atoms with E-state index in [2.05, 4.69) is 11.3 Å². The summed E-state index contributed by atoms with van der Waals surface area (Å²) in [5.74, 6) is 0.0636. The van der Waals surface area contributed by atoms with E-state index in [4.69, 9.17) is 29.4 Å². The van der Waals surface area contributed by atoms with Gasteiger partial charge in [-0.1, -0.05) is 266 Å². The lowest BCUT2D eigenvalue weighted by Crippen LogP contribution is -2.76. The molecule has 0 radical (unpaired) electrons. The number of aryl methyl sites for hydroxylation is 1. The van der Waals surface area contributed by atoms with Gasteiger partial charge >= 0.3 is 0 Å². The fraction of sp³-hybridized carbons (Fsp3) is 0.0118. The van der Waals surface area contributed by atoms with Crippen LogP contribution in [0.1, 0.15) is 61.8 Å². The van der Waals surface area contributed by atoms with Gasteiger partial charge in [0.2, 0.25) is 0 Å². The summed E-state index contributed by atoms with van der Waals surface area (Å²) in [7, 11) is -6.94. The predicted octanol–water partition coefficient (Wildman–Crippen LogP) is 18.0. The SMILES string of the molecule is [2H]c1c([2H])c([2H])c(-c2cc(-c3c([2H])c(-c4c([2H])c([2H])c([2H])c([2H])c4[2H])c([2H])c(-c4c([2H])c([2H])c([2H])c([2H])c4[2H])c3[2H])c(-[n+]3[c-]n(-c4cccc(Oc5ccc6c7ccccc7n(-c7cc(C([2H])([2H])[2H])c(-c8c([2H])c([2H])c([2H])c([2H])c8[2H])cn7)c6c5)c4)c4ccccc43)c([Si](c3c([2H])c([2H])c([2H])c([2H])c3[2H])(c3c([2H])c([2H])c([2H])c([2H])c3[2H])c3c([2H])c([2H])c([2H])c([2H])c3[2H])c2)c([2H])c1[2H]. The van der Waals surface area contributed by atoms with Crippen LogP contribution in [0.25, 0.3) is 106 Å². The van der Waals surface area contributed by atoms with Gasteiger partial charge in [-0.2, -0.15) is 0 Å². The summed E-state index contributed by atoms with van der Waals surface area (Å²) in [4.78, 5) is 4.68. The Morgan fingerprint density at radius 2 is 0.945 bits per heavy atom. The van der Waals surface area contributed by atoms with Crippen molar-refractivity contribution in [3.63, 3.8) is 0 Å². The molecule has 0 spiro atoms. The standard InChI is InChI=1S/C85H60N4OSi/c1-60-50-84(86-58-78(60)64-34-15-5-16-35-64)89-79-45-24-23-44-75(79)76-49-48-71(57-82(76)89)90-70-37-27-36-69(56-70)87-59-88(81-47-26-25-46-80(81)87)85-77(68-52-65(61-28-9-2-10-29-61)51-66(53-68)62-30-11-3-12-31-62)54-67(63-32-13-4-14-33-63)55-83(85)91(72-38-17-6-18-39-72,73-40-19-7-20-41-73)74-42-21-8-22-43-74/h2-58H,1H3/i1D3,2D,3D,4D,5D,6D,7D,8D,9D,10D,11D,12D,13D,14D,15D,16D,17D,18D,19D,20D,21D,22D,28D,29D,30D,31D,32D,33D,34D,35D,38D,39D,40D,41D,42D,43D,51D,52D,53D. The van der Waals surface area contributed by atoms with E-state index in [9.17, 15) is 31.5 Å². The van der Waals surface area contributed by atoms with Gasteiger partial charge in [0.1, 0.15) is 17.3 Å². The number of aromatic nitrogens is 4. The molecule has 0 unspecified atom stereocenters. The van der Waals surface area contributed by atoms with E-state index in [0.717, 1.165) is 22.9 Å². The van der Waals surface area contributed by atoms with Crippen LogP contribution in [0, 0.1) is 13.2 Å². The lowest BCUT2D eigenvalue weighted by molar-refractivity contribution is -0.570. The lowest BCUT2D eigenvalue weighted by atomic mass is 9.91. The minimum absolute atomic E-state index is 0.00828. The second-order valence-corrected chi connectivity index (χ2v) is 23.7. The highest BCUT2D eigenvalue weighted by Crippen LogP contribution is 2.40. The highest BCUT2D eigenvalue weighted by molar-refractivity contribution is 7.20. The largest absolute Gasteiger partial charge is 0.458 e. The Kier molecular flexibility index (Phi) is 6.84. The molecule has 3 heterocycles. The summed E-state index contributed by atoms with van der Waals surface area (Å²) in [6.07, 6.45) is 4.35. The highest BCUT2D eigenvalue weighted by Gasteiger charge is 2.44. The molecular weight excluding hydrogens is 1120 g/mol. The molecule has 16 aromatic rings. The van der Waals surface area contributed by atoms with E-state index in [0.29, 0.717) is 21.8 Å². The maximum atomic E-state index is 10.9. The van der Waals surface area contributed by atoms with Crippen molar-refractivity contribution in [2.24, 2.45) is 0 Å². The normalized spacial score (nSPS) is 18.0. The van der Waals surface area contributed by atoms with Crippen molar-refractivity contribution < 1.29 is 65.5 Å². The number of hydrogen-bond donors (Lipinski definition) is 0. The van der Waals surface area contributed by atoms with Crippen LogP contribution >= 0.6 is 0 Å². The zero-order valence-corrected chi connectivity index (χ0v) is 47.7. The van der Waals surface area contributed by atoms with E-state index >= 15 is 0 Å². The fourth-order valence-electron chi connectivity index (χ4n) is 11.2. The molecule has 91 heavy (non-hydrogen) atoms. The van der Waals surface area contributed by atoms with E-state index < -0.39 is 327 Å². The van der Waals surface area contributed by atoms with Gasteiger partial charge in [-0.3, -0.25) is 13.7 Å². The number of ether oxygens (including phenoxy) is 1. The lowest BCUT2D eigenvalue weighted by Gasteiger charge is -2.37. The number of hydrogen-bond acceptors (Lipinski definition) is 2. The Bertz CT molecular complexity index is 7390. The first-order chi connectivity index (χ1) is 62.0. The predicted molar refractivity (Wildman–Crippen MR) is 378 cm³/mol. The maximum absolute atomic E-state index is 10.9. The molecular formula is C85H60N4OSi. The van der Waals surface area contributed by atoms with Crippen LogP contribution in [0.4, 0.5) is 0 Å². The van der Waals surface area contributed by atoms with Gasteiger partial charge < -0.3 is 4.74 Å². The van der Waals surface area contributed by atoms with Gasteiger partial charge in [0.05, 0.1) is 85.5 Å². The number of fused-ring (bicyclic) bond motifs is 4. The number of imidazole rings is 1. The van der Waals surface area contributed by atoms with Gasteiger partial charge in [-0.05, 0) is 150 Å². The molecule has 5 nitrogen and oxygen atoms in total. The number of rotatable bonds is 14. The molecule has 0 amide bonds. The third kappa shape index (κ3) is 9.92. The van der Waals surface area contributed by atoms with Gasteiger partial charge in [0.25, 0.3) is 6.33 Å². The van der Waals surface area contributed by atoms with E-state index in [1.165, 1.54) is 59.2 Å². The van der Waals surface area contributed by atoms with Gasteiger partial charge in [0.15, 0.2) is 8.07 Å². The Morgan fingerprint density at radius 3 is 1.55 bits per heavy atom. The summed E-state index contributed by atoms with van der Waals surface area (Å²) < 4.78 is 398. The summed E-state index contributed by atoms with van der Waals surface area (Å²) in [6, 6.07) is -17.3. The van der Waals surface area contributed by atoms with Crippen LogP contribution in [0.2, 0.25) is 0 Å². The van der Waals surface area contributed by atoms with Crippen molar-refractivity contribution in [2.45, 2.75) is 6.85 Å². The first-order valence-electron chi connectivity index (χ1n) is 48.1. The molecule has 0 N–H and O–H groups in total. The first kappa shape index (κ1) is 26.6. The van der Waals surface area contributed by atoms with Crippen molar-refractivity contribution >= 4 is 61.7 Å². The van der Waals surface area contributed by atoms with E-state index in [1.54, 1.807) is 47.0 Å². The Hall–Kier alpha value is -11.7. The first-order valence-corrected chi connectivity index (χ1v) is 29.6. The molecule has 16 rings (SSSR count). The molecule has 0 bridgehead atoms. The quantitative estimate of drug-likeness (QED) is 0.0471. The van der Waals surface area contributed by atoms with Crippen LogP contribution in [-0.2, 0) is 0 Å². The molecule has 0 aliphatic heterocycles. The summed E-state index contributed by atoms with van der Waals surface area (Å²) in [5.41, 5.74) is -9.50. The second-order valence-electron chi connectivity index (χ2n) is 20.1. The summed E-state index contributed by atoms with van der Waals surface area (Å²) in [5, 5.41) is -3.47. The summed E-state index contributed by atoms with van der Waals surface area (Å²) in [6.45, 7) is -2.99. The Labute approximate surface area is 588 Å². The van der Waals surface area contributed by atoms with Crippen LogP contribution in [0.15, 0.2) is 345 Å². The van der Waals surface area contributed by atoms with Crippen molar-refractivity contribution in [2.75, 3.05) is 0 Å². The molecule has 0 saturated carbocycles. The minimum Gasteiger partial charge on any atom is -0.458 e. The van der Waals surface area contributed by atoms with E-state index in [1.807, 2.05) is 0 Å². The number of nitrogens with zero attached hydrogens (tertiary/aromatic N) is 4. The molecule has 0 fully saturated rings. The molecule has 6 heteroatoms. The molecule has 0 saturated heterocycles. The minimum atomic E-state index is -6.94.